The van der Waals surface area contributed by atoms with E-state index in [1.807, 2.05) is 48.5 Å². The molecule has 0 saturated carbocycles. The standard InChI is InChI=1S/C18H20O/c1-14(13-16-9-5-3-6-10-16)15(2)18(19)17-11-7-4-8-12-17/h3-13,15,18-19H,1-2H3/b14-13-/t15-,18-/m0/s1. The first-order chi connectivity index (χ1) is 9.18. The van der Waals surface area contributed by atoms with E-state index in [-0.39, 0.29) is 5.92 Å². The van der Waals surface area contributed by atoms with Gasteiger partial charge in [-0.25, -0.2) is 0 Å². The van der Waals surface area contributed by atoms with Gasteiger partial charge in [-0.2, -0.15) is 0 Å². The smallest absolute Gasteiger partial charge is 0.0852 e. The number of hydrogen-bond donors (Lipinski definition) is 1. The normalized spacial score (nSPS) is 15.0. The fourth-order valence-electron chi connectivity index (χ4n) is 2.13. The highest BCUT2D eigenvalue weighted by atomic mass is 16.3. The molecular formula is C18H20O. The summed E-state index contributed by atoms with van der Waals surface area (Å²) < 4.78 is 0. The predicted octanol–water partition coefficient (Wildman–Crippen LogP) is 4.46. The molecule has 0 aliphatic heterocycles. The molecule has 0 bridgehead atoms. The molecule has 0 aromatic heterocycles. The van der Waals surface area contributed by atoms with Gasteiger partial charge < -0.3 is 5.11 Å². The summed E-state index contributed by atoms with van der Waals surface area (Å²) in [5.41, 5.74) is 3.32. The molecule has 0 amide bonds. The third kappa shape index (κ3) is 3.55. The van der Waals surface area contributed by atoms with Crippen molar-refractivity contribution in [1.29, 1.82) is 0 Å². The molecule has 98 valence electrons. The van der Waals surface area contributed by atoms with Crippen molar-refractivity contribution in [2.45, 2.75) is 20.0 Å². The van der Waals surface area contributed by atoms with E-state index < -0.39 is 6.10 Å². The van der Waals surface area contributed by atoms with E-state index in [0.29, 0.717) is 0 Å². The van der Waals surface area contributed by atoms with Crippen LogP contribution in [0.5, 0.6) is 0 Å². The lowest BCUT2D eigenvalue weighted by Gasteiger charge is -2.20. The Morgan fingerprint density at radius 3 is 2.05 bits per heavy atom. The second-order valence-electron chi connectivity index (χ2n) is 4.94. The van der Waals surface area contributed by atoms with Crippen molar-refractivity contribution in [1.82, 2.24) is 0 Å². The third-order valence-electron chi connectivity index (χ3n) is 3.53. The van der Waals surface area contributed by atoms with Crippen LogP contribution in [-0.2, 0) is 0 Å². The van der Waals surface area contributed by atoms with E-state index in [1.165, 1.54) is 11.1 Å². The van der Waals surface area contributed by atoms with Crippen LogP contribution in [0, 0.1) is 5.92 Å². The van der Waals surface area contributed by atoms with Crippen molar-refractivity contribution < 1.29 is 5.11 Å². The quantitative estimate of drug-likeness (QED) is 0.851. The zero-order chi connectivity index (χ0) is 13.7. The highest BCUT2D eigenvalue weighted by Crippen LogP contribution is 2.28. The summed E-state index contributed by atoms with van der Waals surface area (Å²) in [6.45, 7) is 4.14. The molecule has 0 radical (unpaired) electrons. The highest BCUT2D eigenvalue weighted by Gasteiger charge is 2.17. The SMILES string of the molecule is C/C(=C/c1ccccc1)[C@H](C)[C@H](O)c1ccccc1. The number of hydrogen-bond acceptors (Lipinski definition) is 1. The lowest BCUT2D eigenvalue weighted by atomic mass is 9.90. The topological polar surface area (TPSA) is 20.2 Å². The Balaban J connectivity index is 2.15. The molecule has 0 aliphatic carbocycles. The zero-order valence-corrected chi connectivity index (χ0v) is 11.5. The minimum absolute atomic E-state index is 0.0996. The summed E-state index contributed by atoms with van der Waals surface area (Å²) in [7, 11) is 0. The minimum Gasteiger partial charge on any atom is -0.388 e. The molecule has 2 rings (SSSR count). The van der Waals surface area contributed by atoms with Crippen LogP contribution < -0.4 is 0 Å². The summed E-state index contributed by atoms with van der Waals surface area (Å²) in [4.78, 5) is 0. The first-order valence-corrected chi connectivity index (χ1v) is 6.64. The van der Waals surface area contributed by atoms with Crippen LogP contribution in [0.4, 0.5) is 0 Å². The summed E-state index contributed by atoms with van der Waals surface area (Å²) in [6.07, 6.45) is 1.68. The molecule has 2 aromatic carbocycles. The van der Waals surface area contributed by atoms with Gasteiger partial charge in [0.25, 0.3) is 0 Å². The Morgan fingerprint density at radius 2 is 1.47 bits per heavy atom. The van der Waals surface area contributed by atoms with Crippen LogP contribution in [0.15, 0.2) is 66.2 Å². The monoisotopic (exact) mass is 252 g/mol. The van der Waals surface area contributed by atoms with Gasteiger partial charge in [0.1, 0.15) is 0 Å². The van der Waals surface area contributed by atoms with Crippen molar-refractivity contribution in [3.05, 3.63) is 77.4 Å². The summed E-state index contributed by atoms with van der Waals surface area (Å²) >= 11 is 0. The molecule has 0 saturated heterocycles. The number of aliphatic hydroxyl groups is 1. The first-order valence-electron chi connectivity index (χ1n) is 6.64. The maximum absolute atomic E-state index is 10.4. The molecule has 0 fully saturated rings. The maximum atomic E-state index is 10.4. The van der Waals surface area contributed by atoms with Crippen molar-refractivity contribution >= 4 is 6.08 Å². The van der Waals surface area contributed by atoms with Crippen LogP contribution in [0.1, 0.15) is 31.1 Å². The molecular weight excluding hydrogens is 232 g/mol. The molecule has 0 aliphatic rings. The molecule has 1 N–H and O–H groups in total. The Hall–Kier alpha value is -1.86. The van der Waals surface area contributed by atoms with Crippen LogP contribution in [0.3, 0.4) is 0 Å². The molecule has 0 heterocycles. The van der Waals surface area contributed by atoms with Crippen LogP contribution in [-0.4, -0.2) is 5.11 Å². The second kappa shape index (κ2) is 6.35. The molecule has 2 aromatic rings. The van der Waals surface area contributed by atoms with Crippen LogP contribution in [0.2, 0.25) is 0 Å². The Bertz CT molecular complexity index is 528. The lowest BCUT2D eigenvalue weighted by Crippen LogP contribution is -2.10. The van der Waals surface area contributed by atoms with E-state index >= 15 is 0 Å². The lowest BCUT2D eigenvalue weighted by molar-refractivity contribution is 0.135. The van der Waals surface area contributed by atoms with E-state index in [0.717, 1.165) is 5.56 Å². The molecule has 1 heteroatoms. The van der Waals surface area contributed by atoms with Crippen molar-refractivity contribution in [3.8, 4) is 0 Å². The number of aliphatic hydroxyl groups excluding tert-OH is 1. The molecule has 1 nitrogen and oxygen atoms in total. The second-order valence-corrected chi connectivity index (χ2v) is 4.94. The summed E-state index contributed by atoms with van der Waals surface area (Å²) in [5.74, 6) is 0.0996. The van der Waals surface area contributed by atoms with Gasteiger partial charge in [0.15, 0.2) is 0 Å². The van der Waals surface area contributed by atoms with Crippen LogP contribution >= 0.6 is 0 Å². The third-order valence-corrected chi connectivity index (χ3v) is 3.53. The summed E-state index contributed by atoms with van der Waals surface area (Å²) in [6, 6.07) is 20.0. The predicted molar refractivity (Wildman–Crippen MR) is 80.7 cm³/mol. The molecule has 0 spiro atoms. The van der Waals surface area contributed by atoms with E-state index in [2.05, 4.69) is 32.1 Å². The van der Waals surface area contributed by atoms with Gasteiger partial charge in [-0.15, -0.1) is 0 Å². The average Bonchev–Trinajstić information content (AvgIpc) is 2.47. The molecule has 19 heavy (non-hydrogen) atoms. The van der Waals surface area contributed by atoms with E-state index in [9.17, 15) is 5.11 Å². The van der Waals surface area contributed by atoms with Gasteiger partial charge in [0.05, 0.1) is 6.10 Å². The average molecular weight is 252 g/mol. The summed E-state index contributed by atoms with van der Waals surface area (Å²) in [5, 5.41) is 10.4. The fourth-order valence-corrected chi connectivity index (χ4v) is 2.13. The Morgan fingerprint density at radius 1 is 0.947 bits per heavy atom. The van der Waals surface area contributed by atoms with Crippen molar-refractivity contribution in [2.75, 3.05) is 0 Å². The van der Waals surface area contributed by atoms with Gasteiger partial charge in [0.2, 0.25) is 0 Å². The van der Waals surface area contributed by atoms with E-state index in [4.69, 9.17) is 0 Å². The molecule has 0 unspecified atom stereocenters. The first kappa shape index (κ1) is 13.6. The van der Waals surface area contributed by atoms with Gasteiger partial charge in [-0.3, -0.25) is 0 Å². The van der Waals surface area contributed by atoms with Gasteiger partial charge in [0, 0.05) is 5.92 Å². The molecule has 2 atom stereocenters. The fraction of sp³-hybridized carbons (Fsp3) is 0.222. The minimum atomic E-state index is -0.457. The van der Waals surface area contributed by atoms with Gasteiger partial charge >= 0.3 is 0 Å². The Labute approximate surface area is 115 Å². The van der Waals surface area contributed by atoms with Crippen molar-refractivity contribution in [3.63, 3.8) is 0 Å². The Kier molecular flexibility index (Phi) is 4.53. The van der Waals surface area contributed by atoms with E-state index in [1.54, 1.807) is 0 Å². The number of benzene rings is 2. The largest absolute Gasteiger partial charge is 0.388 e. The van der Waals surface area contributed by atoms with Crippen molar-refractivity contribution in [2.24, 2.45) is 5.92 Å². The van der Waals surface area contributed by atoms with Gasteiger partial charge in [-0.05, 0) is 18.1 Å². The number of rotatable bonds is 4. The highest BCUT2D eigenvalue weighted by molar-refractivity contribution is 5.52. The zero-order valence-electron chi connectivity index (χ0n) is 11.5. The van der Waals surface area contributed by atoms with Gasteiger partial charge in [-0.1, -0.05) is 79.2 Å². The van der Waals surface area contributed by atoms with Crippen LogP contribution in [0.25, 0.3) is 6.08 Å². The maximum Gasteiger partial charge on any atom is 0.0852 e.